The molecule has 0 amide bonds. The lowest BCUT2D eigenvalue weighted by atomic mass is 9.75. The van der Waals surface area contributed by atoms with Crippen molar-refractivity contribution in [3.63, 3.8) is 0 Å². The Bertz CT molecular complexity index is 1090. The predicted octanol–water partition coefficient (Wildman–Crippen LogP) is 7.64. The number of Topliss-reactive ketones (excluding diaryl/α,β-unsaturated/α-hetero) is 1. The molecule has 1 saturated carbocycles. The molecule has 5 rings (SSSR count). The molecule has 3 aliphatic rings. The van der Waals surface area contributed by atoms with Crippen molar-refractivity contribution in [2.45, 2.75) is 52.6 Å². The average molecular weight is 453 g/mol. The summed E-state index contributed by atoms with van der Waals surface area (Å²) in [7, 11) is 0. The summed E-state index contributed by atoms with van der Waals surface area (Å²) in [4.78, 5) is 13.3. The van der Waals surface area contributed by atoms with Crippen LogP contribution in [0.2, 0.25) is 10.0 Å². The molecule has 2 aromatic carbocycles. The average Bonchev–Trinajstić information content (AvgIpc) is 2.97. The van der Waals surface area contributed by atoms with Gasteiger partial charge in [0, 0.05) is 39.6 Å². The molecule has 0 aromatic heterocycles. The van der Waals surface area contributed by atoms with Gasteiger partial charge in [0.2, 0.25) is 0 Å². The molecule has 1 aliphatic heterocycles. The fraction of sp³-hybridized carbons (Fsp3) is 0.370. The minimum atomic E-state index is -0.889. The van der Waals surface area contributed by atoms with E-state index < -0.39 is 5.60 Å². The molecule has 0 bridgehead atoms. The highest BCUT2D eigenvalue weighted by Gasteiger charge is 2.66. The minimum Gasteiger partial charge on any atom is -0.477 e. The first-order valence-corrected chi connectivity index (χ1v) is 11.6. The van der Waals surface area contributed by atoms with E-state index in [1.54, 1.807) is 0 Å². The lowest BCUT2D eigenvalue weighted by molar-refractivity contribution is -0.115. The van der Waals surface area contributed by atoms with Gasteiger partial charge in [-0.3, -0.25) is 4.79 Å². The van der Waals surface area contributed by atoms with Gasteiger partial charge in [-0.15, -0.1) is 0 Å². The fourth-order valence-corrected chi connectivity index (χ4v) is 5.76. The number of hydrogen-bond donors (Lipinski definition) is 0. The number of allylic oxidation sites excluding steroid dienone is 2. The number of rotatable bonds is 2. The summed E-state index contributed by atoms with van der Waals surface area (Å²) in [5.41, 5.74) is 4.12. The standard InChI is InChI=1S/C27H26Cl2O2/c1-25(2)24(26(25,3)4)23-22-20(30)6-5-7-21(22)31-27(23,16-8-12-18(28)13-9-16)17-10-14-19(29)15-11-17/h8-15H,5-7H2,1-4H3. The van der Waals surface area contributed by atoms with Gasteiger partial charge >= 0.3 is 0 Å². The lowest BCUT2D eigenvalue weighted by Crippen LogP contribution is -2.31. The Morgan fingerprint density at radius 3 is 1.71 bits per heavy atom. The minimum absolute atomic E-state index is 0.0318. The van der Waals surface area contributed by atoms with E-state index in [0.717, 1.165) is 40.9 Å². The molecule has 2 nitrogen and oxygen atoms in total. The summed E-state index contributed by atoms with van der Waals surface area (Å²) in [6.07, 6.45) is 2.17. The van der Waals surface area contributed by atoms with Crippen LogP contribution in [0.15, 0.2) is 71.0 Å². The largest absolute Gasteiger partial charge is 0.477 e. The van der Waals surface area contributed by atoms with E-state index in [0.29, 0.717) is 16.5 Å². The van der Waals surface area contributed by atoms with Gasteiger partial charge in [-0.1, -0.05) is 75.2 Å². The van der Waals surface area contributed by atoms with Gasteiger partial charge in [0.15, 0.2) is 11.4 Å². The SMILES string of the molecule is CC1(C)C(=C2C3=C(CCCC3=O)OC2(c2ccc(Cl)cc2)c2ccc(Cl)cc2)C1(C)C. The van der Waals surface area contributed by atoms with Gasteiger partial charge in [-0.2, -0.15) is 0 Å². The molecule has 0 saturated heterocycles. The van der Waals surface area contributed by atoms with Crippen LogP contribution in [0.5, 0.6) is 0 Å². The highest BCUT2D eigenvalue weighted by Crippen LogP contribution is 2.73. The molecule has 0 atom stereocenters. The van der Waals surface area contributed by atoms with E-state index in [-0.39, 0.29) is 16.6 Å². The van der Waals surface area contributed by atoms with Gasteiger partial charge in [0.05, 0.1) is 5.57 Å². The zero-order chi connectivity index (χ0) is 22.2. The number of halogens is 2. The van der Waals surface area contributed by atoms with E-state index in [1.165, 1.54) is 5.57 Å². The Labute approximate surface area is 193 Å². The topological polar surface area (TPSA) is 26.3 Å². The second kappa shape index (κ2) is 6.73. The van der Waals surface area contributed by atoms with Crippen molar-refractivity contribution in [1.29, 1.82) is 0 Å². The Morgan fingerprint density at radius 1 is 0.774 bits per heavy atom. The summed E-state index contributed by atoms with van der Waals surface area (Å²) in [5, 5.41) is 1.34. The third-order valence-corrected chi connectivity index (χ3v) is 8.25. The fourth-order valence-electron chi connectivity index (χ4n) is 5.51. The van der Waals surface area contributed by atoms with Crippen molar-refractivity contribution >= 4 is 29.0 Å². The smallest absolute Gasteiger partial charge is 0.184 e. The number of hydrogen-bond acceptors (Lipinski definition) is 2. The maximum Gasteiger partial charge on any atom is 0.184 e. The lowest BCUT2D eigenvalue weighted by Gasteiger charge is -2.33. The van der Waals surface area contributed by atoms with Crippen LogP contribution in [-0.2, 0) is 15.1 Å². The van der Waals surface area contributed by atoms with Crippen LogP contribution in [0.3, 0.4) is 0 Å². The molecule has 31 heavy (non-hydrogen) atoms. The van der Waals surface area contributed by atoms with Crippen LogP contribution >= 0.6 is 23.2 Å². The van der Waals surface area contributed by atoms with Gasteiger partial charge < -0.3 is 4.74 Å². The number of ether oxygens (including phenoxy) is 1. The van der Waals surface area contributed by atoms with Gasteiger partial charge in [-0.25, -0.2) is 0 Å². The maximum atomic E-state index is 13.3. The van der Waals surface area contributed by atoms with Crippen LogP contribution < -0.4 is 0 Å². The highest BCUT2D eigenvalue weighted by atomic mass is 35.5. The molecule has 2 aliphatic carbocycles. The molecule has 1 fully saturated rings. The number of benzene rings is 2. The van der Waals surface area contributed by atoms with Crippen LogP contribution in [0, 0.1) is 10.8 Å². The van der Waals surface area contributed by atoms with Crippen molar-refractivity contribution in [2.75, 3.05) is 0 Å². The summed E-state index contributed by atoms with van der Waals surface area (Å²) >= 11 is 12.5. The monoisotopic (exact) mass is 452 g/mol. The van der Waals surface area contributed by atoms with Gasteiger partial charge in [-0.05, 0) is 47.1 Å². The van der Waals surface area contributed by atoms with Crippen molar-refractivity contribution in [2.24, 2.45) is 10.8 Å². The van der Waals surface area contributed by atoms with E-state index in [4.69, 9.17) is 27.9 Å². The summed E-state index contributed by atoms with van der Waals surface area (Å²) in [5.74, 6) is 1.01. The first-order chi connectivity index (χ1) is 14.6. The second-order valence-electron chi connectivity index (χ2n) is 9.87. The van der Waals surface area contributed by atoms with Crippen LogP contribution in [0.25, 0.3) is 0 Å². The van der Waals surface area contributed by atoms with E-state index >= 15 is 0 Å². The van der Waals surface area contributed by atoms with E-state index in [9.17, 15) is 4.79 Å². The number of carbonyl (C=O) groups excluding carboxylic acids is 1. The summed E-state index contributed by atoms with van der Waals surface area (Å²) < 4.78 is 6.89. The molecule has 0 unspecified atom stereocenters. The van der Waals surface area contributed by atoms with Gasteiger partial charge in [0.25, 0.3) is 0 Å². The van der Waals surface area contributed by atoms with Crippen LogP contribution in [0.1, 0.15) is 58.1 Å². The number of ketones is 1. The molecule has 0 spiro atoms. The Balaban J connectivity index is 1.88. The Kier molecular flexibility index (Phi) is 4.53. The van der Waals surface area contributed by atoms with Crippen LogP contribution in [-0.4, -0.2) is 5.78 Å². The maximum absolute atomic E-state index is 13.3. The van der Waals surface area contributed by atoms with Crippen molar-refractivity contribution < 1.29 is 9.53 Å². The molecule has 0 N–H and O–H groups in total. The molecular formula is C27H26Cl2O2. The van der Waals surface area contributed by atoms with E-state index in [2.05, 4.69) is 27.7 Å². The second-order valence-corrected chi connectivity index (χ2v) is 10.7. The van der Waals surface area contributed by atoms with Gasteiger partial charge in [0.1, 0.15) is 5.76 Å². The first kappa shape index (κ1) is 20.8. The van der Waals surface area contributed by atoms with Crippen molar-refractivity contribution in [3.8, 4) is 0 Å². The Hall–Kier alpha value is -2.03. The third-order valence-electron chi connectivity index (χ3n) is 7.75. The van der Waals surface area contributed by atoms with E-state index in [1.807, 2.05) is 48.5 Å². The summed E-state index contributed by atoms with van der Waals surface area (Å²) in [6.45, 7) is 9.04. The molecule has 4 heteroatoms. The zero-order valence-electron chi connectivity index (χ0n) is 18.3. The zero-order valence-corrected chi connectivity index (χ0v) is 19.8. The highest BCUT2D eigenvalue weighted by molar-refractivity contribution is 6.30. The molecule has 0 radical (unpaired) electrons. The molecular weight excluding hydrogens is 427 g/mol. The summed E-state index contributed by atoms with van der Waals surface area (Å²) in [6, 6.07) is 15.6. The van der Waals surface area contributed by atoms with Crippen molar-refractivity contribution in [1.82, 2.24) is 0 Å². The van der Waals surface area contributed by atoms with Crippen molar-refractivity contribution in [3.05, 3.63) is 92.2 Å². The quantitative estimate of drug-likeness (QED) is 0.467. The normalized spacial score (nSPS) is 23.0. The van der Waals surface area contributed by atoms with Crippen LogP contribution in [0.4, 0.5) is 0 Å². The first-order valence-electron chi connectivity index (χ1n) is 10.8. The predicted molar refractivity (Wildman–Crippen MR) is 125 cm³/mol. The third kappa shape index (κ3) is 2.81. The number of carbonyl (C=O) groups is 1. The Morgan fingerprint density at radius 2 is 1.26 bits per heavy atom. The molecule has 1 heterocycles. The molecule has 160 valence electrons. The molecule has 2 aromatic rings.